The van der Waals surface area contributed by atoms with E-state index < -0.39 is 21.7 Å². The molecule has 15 heavy (non-hydrogen) atoms. The number of aliphatic carboxylic acids is 1. The first-order valence-corrected chi connectivity index (χ1v) is 6.25. The van der Waals surface area contributed by atoms with E-state index >= 15 is 0 Å². The van der Waals surface area contributed by atoms with Gasteiger partial charge in [0, 0.05) is 13.2 Å². The predicted molar refractivity (Wildman–Crippen MR) is 55.1 cm³/mol. The van der Waals surface area contributed by atoms with Gasteiger partial charge in [0.05, 0.1) is 6.61 Å². The zero-order valence-electron chi connectivity index (χ0n) is 8.89. The molecule has 0 saturated carbocycles. The number of carboxylic acid groups (broad SMARTS) is 1. The molecule has 0 aliphatic rings. The van der Waals surface area contributed by atoms with E-state index in [1.165, 1.54) is 0 Å². The predicted octanol–water partition coefficient (Wildman–Crippen LogP) is -0.337. The molecule has 0 aromatic rings. The largest absolute Gasteiger partial charge is 0.480 e. The van der Waals surface area contributed by atoms with Gasteiger partial charge in [0.25, 0.3) is 0 Å². The molecule has 0 bridgehead atoms. The molecular weight excluding hydrogens is 222 g/mol. The van der Waals surface area contributed by atoms with Gasteiger partial charge >= 0.3 is 5.97 Å². The molecule has 0 amide bonds. The van der Waals surface area contributed by atoms with Crippen LogP contribution in [0.4, 0.5) is 0 Å². The minimum Gasteiger partial charge on any atom is -0.480 e. The van der Waals surface area contributed by atoms with E-state index in [0.717, 1.165) is 0 Å². The highest BCUT2D eigenvalue weighted by Gasteiger charge is 2.14. The average Bonchev–Trinajstić information content (AvgIpc) is 1.99. The van der Waals surface area contributed by atoms with Crippen molar-refractivity contribution in [2.24, 2.45) is 5.92 Å². The van der Waals surface area contributed by atoms with Crippen molar-refractivity contribution in [2.45, 2.75) is 13.8 Å². The molecule has 0 rings (SSSR count). The molecule has 0 aliphatic heterocycles. The maximum absolute atomic E-state index is 11.0. The van der Waals surface area contributed by atoms with Gasteiger partial charge in [0.2, 0.25) is 10.0 Å². The van der Waals surface area contributed by atoms with Crippen LogP contribution in [0, 0.1) is 5.92 Å². The van der Waals surface area contributed by atoms with Gasteiger partial charge in [-0.1, -0.05) is 13.8 Å². The van der Waals surface area contributed by atoms with E-state index in [0.29, 0.717) is 12.5 Å². The van der Waals surface area contributed by atoms with Crippen molar-refractivity contribution < 1.29 is 23.1 Å². The molecule has 0 spiro atoms. The van der Waals surface area contributed by atoms with Crippen LogP contribution in [-0.4, -0.2) is 45.0 Å². The fourth-order valence-electron chi connectivity index (χ4n) is 0.802. The maximum Gasteiger partial charge on any atom is 0.320 e. The Kier molecular flexibility index (Phi) is 6.46. The van der Waals surface area contributed by atoms with Gasteiger partial charge < -0.3 is 9.84 Å². The van der Waals surface area contributed by atoms with E-state index in [-0.39, 0.29) is 13.2 Å². The summed E-state index contributed by atoms with van der Waals surface area (Å²) >= 11 is 0. The third-order valence-electron chi connectivity index (χ3n) is 1.33. The third-order valence-corrected chi connectivity index (χ3v) is 2.60. The Morgan fingerprint density at radius 1 is 1.47 bits per heavy atom. The summed E-state index contributed by atoms with van der Waals surface area (Å²) in [6.45, 7) is 4.86. The first-order chi connectivity index (χ1) is 6.83. The number of carbonyl (C=O) groups is 1. The molecule has 0 heterocycles. The van der Waals surface area contributed by atoms with Crippen molar-refractivity contribution in [2.75, 3.05) is 25.5 Å². The van der Waals surface area contributed by atoms with Crippen LogP contribution in [0.2, 0.25) is 0 Å². The Morgan fingerprint density at radius 3 is 2.53 bits per heavy atom. The topological polar surface area (TPSA) is 92.7 Å². The van der Waals surface area contributed by atoms with Crippen LogP contribution in [0.5, 0.6) is 0 Å². The molecule has 0 aromatic carbocycles. The first kappa shape index (κ1) is 14.3. The third kappa shape index (κ3) is 9.64. The highest BCUT2D eigenvalue weighted by atomic mass is 32.2. The number of hydrogen-bond acceptors (Lipinski definition) is 4. The molecule has 2 N–H and O–H groups in total. The highest BCUT2D eigenvalue weighted by Crippen LogP contribution is 1.91. The summed E-state index contributed by atoms with van der Waals surface area (Å²) in [5.74, 6) is -1.89. The highest BCUT2D eigenvalue weighted by molar-refractivity contribution is 7.90. The van der Waals surface area contributed by atoms with E-state index in [1.807, 2.05) is 13.8 Å². The van der Waals surface area contributed by atoms with E-state index in [4.69, 9.17) is 9.84 Å². The number of sulfonamides is 1. The van der Waals surface area contributed by atoms with Crippen molar-refractivity contribution >= 4 is 16.0 Å². The van der Waals surface area contributed by atoms with Crippen LogP contribution in [0.3, 0.4) is 0 Å². The first-order valence-electron chi connectivity index (χ1n) is 4.60. The van der Waals surface area contributed by atoms with Gasteiger partial charge in [-0.3, -0.25) is 4.79 Å². The van der Waals surface area contributed by atoms with Crippen molar-refractivity contribution in [3.63, 3.8) is 0 Å². The molecule has 7 heteroatoms. The number of ether oxygens (including phenoxy) is 1. The lowest BCUT2D eigenvalue weighted by molar-refractivity contribution is -0.134. The molecule has 0 saturated heterocycles. The van der Waals surface area contributed by atoms with Crippen LogP contribution in [0.25, 0.3) is 0 Å². The molecule has 0 fully saturated rings. The Morgan fingerprint density at radius 2 is 2.07 bits per heavy atom. The van der Waals surface area contributed by atoms with Crippen molar-refractivity contribution in [3.8, 4) is 0 Å². The number of carboxylic acids is 1. The summed E-state index contributed by atoms with van der Waals surface area (Å²) in [4.78, 5) is 10.1. The Labute approximate surface area is 89.7 Å². The summed E-state index contributed by atoms with van der Waals surface area (Å²) in [5.41, 5.74) is 0. The average molecular weight is 239 g/mol. The molecule has 0 aliphatic carbocycles. The lowest BCUT2D eigenvalue weighted by atomic mass is 10.2. The standard InChI is InChI=1S/C8H17NO5S/c1-7(2)5-14-4-3-9-15(12,13)6-8(10)11/h7,9H,3-6H2,1-2H3,(H,10,11). The van der Waals surface area contributed by atoms with E-state index in [9.17, 15) is 13.2 Å². The summed E-state index contributed by atoms with van der Waals surface area (Å²) in [5, 5.41) is 8.27. The fourth-order valence-corrected chi connectivity index (χ4v) is 1.62. The zero-order chi connectivity index (χ0) is 11.9. The summed E-state index contributed by atoms with van der Waals surface area (Å²) in [6.07, 6.45) is 0. The second kappa shape index (κ2) is 6.76. The van der Waals surface area contributed by atoms with Crippen LogP contribution in [0.1, 0.15) is 13.8 Å². The van der Waals surface area contributed by atoms with Crippen LogP contribution in [0.15, 0.2) is 0 Å². The second-order valence-corrected chi connectivity index (χ2v) is 5.32. The molecule has 0 radical (unpaired) electrons. The van der Waals surface area contributed by atoms with Crippen molar-refractivity contribution in [1.29, 1.82) is 0 Å². The smallest absolute Gasteiger partial charge is 0.320 e. The monoisotopic (exact) mass is 239 g/mol. The van der Waals surface area contributed by atoms with Gasteiger partial charge in [0.1, 0.15) is 0 Å². The van der Waals surface area contributed by atoms with Crippen molar-refractivity contribution in [3.05, 3.63) is 0 Å². The van der Waals surface area contributed by atoms with E-state index in [1.54, 1.807) is 0 Å². The second-order valence-electron chi connectivity index (χ2n) is 3.52. The quantitative estimate of drug-likeness (QED) is 0.565. The molecule has 6 nitrogen and oxygen atoms in total. The van der Waals surface area contributed by atoms with Crippen molar-refractivity contribution in [1.82, 2.24) is 4.72 Å². The maximum atomic E-state index is 11.0. The zero-order valence-corrected chi connectivity index (χ0v) is 9.71. The molecule has 90 valence electrons. The Bertz CT molecular complexity index is 285. The number of nitrogens with one attached hydrogen (secondary N) is 1. The SMILES string of the molecule is CC(C)COCCNS(=O)(=O)CC(=O)O. The molecule has 0 unspecified atom stereocenters. The minimum absolute atomic E-state index is 0.0995. The summed E-state index contributed by atoms with van der Waals surface area (Å²) in [7, 11) is -3.71. The fraction of sp³-hybridized carbons (Fsp3) is 0.875. The summed E-state index contributed by atoms with van der Waals surface area (Å²) in [6, 6.07) is 0. The van der Waals surface area contributed by atoms with Gasteiger partial charge in [-0.05, 0) is 5.92 Å². The number of rotatable bonds is 8. The molecule has 0 atom stereocenters. The van der Waals surface area contributed by atoms with Gasteiger partial charge in [-0.2, -0.15) is 0 Å². The molecular formula is C8H17NO5S. The Hall–Kier alpha value is -0.660. The normalized spacial score (nSPS) is 11.9. The molecule has 0 aromatic heterocycles. The van der Waals surface area contributed by atoms with Gasteiger partial charge in [-0.15, -0.1) is 0 Å². The van der Waals surface area contributed by atoms with Crippen LogP contribution >= 0.6 is 0 Å². The van der Waals surface area contributed by atoms with Crippen LogP contribution < -0.4 is 4.72 Å². The lowest BCUT2D eigenvalue weighted by Gasteiger charge is -2.07. The van der Waals surface area contributed by atoms with E-state index in [2.05, 4.69) is 4.72 Å². The number of hydrogen-bond donors (Lipinski definition) is 2. The summed E-state index contributed by atoms with van der Waals surface area (Å²) < 4.78 is 29.2. The van der Waals surface area contributed by atoms with Gasteiger partial charge in [0.15, 0.2) is 5.75 Å². The van der Waals surface area contributed by atoms with Crippen LogP contribution in [-0.2, 0) is 19.6 Å². The van der Waals surface area contributed by atoms with Gasteiger partial charge in [-0.25, -0.2) is 13.1 Å². The minimum atomic E-state index is -3.71. The Balaban J connectivity index is 3.63. The lowest BCUT2D eigenvalue weighted by Crippen LogP contribution is -2.32.